The van der Waals surface area contributed by atoms with E-state index in [1.807, 2.05) is 0 Å². The maximum atomic E-state index is 12.9. The van der Waals surface area contributed by atoms with Crippen LogP contribution < -0.4 is 11.1 Å². The quantitative estimate of drug-likeness (QED) is 0.792. The highest BCUT2D eigenvalue weighted by Gasteiger charge is 2.10. The summed E-state index contributed by atoms with van der Waals surface area (Å²) in [7, 11) is 1.64. The molecule has 17 heavy (non-hydrogen) atoms. The highest BCUT2D eigenvalue weighted by Crippen LogP contribution is 2.23. The molecule has 1 atom stereocenters. The lowest BCUT2D eigenvalue weighted by Gasteiger charge is -2.19. The fraction of sp³-hybridized carbons (Fsp3) is 0.500. The molecule has 0 aliphatic carbocycles. The summed E-state index contributed by atoms with van der Waals surface area (Å²) in [6.07, 6.45) is 1.79. The lowest BCUT2D eigenvalue weighted by molar-refractivity contribution is 0.182. The molecule has 0 spiro atoms. The van der Waals surface area contributed by atoms with E-state index in [1.165, 1.54) is 12.1 Å². The Morgan fingerprint density at radius 3 is 2.88 bits per heavy atom. The molecular weight excluding hydrogens is 243 g/mol. The van der Waals surface area contributed by atoms with Crippen molar-refractivity contribution in [3.05, 3.63) is 29.0 Å². The van der Waals surface area contributed by atoms with Gasteiger partial charge in [-0.05, 0) is 37.6 Å². The number of methoxy groups -OCH3 is 1. The standard InChI is InChI=1S/C12H18ClFN2O/c1-17-8-10(3-2-6-15)16-12-5-4-9(14)7-11(12)13/h4-5,7,10,16H,2-3,6,8,15H2,1H3. The van der Waals surface area contributed by atoms with Crippen LogP contribution in [0.25, 0.3) is 0 Å². The number of hydrogen-bond donors (Lipinski definition) is 2. The van der Waals surface area contributed by atoms with Crippen molar-refractivity contribution in [2.45, 2.75) is 18.9 Å². The van der Waals surface area contributed by atoms with Crippen molar-refractivity contribution >= 4 is 17.3 Å². The Labute approximate surface area is 106 Å². The molecule has 1 unspecified atom stereocenters. The van der Waals surface area contributed by atoms with E-state index < -0.39 is 0 Å². The fourth-order valence-electron chi connectivity index (χ4n) is 1.59. The fourth-order valence-corrected chi connectivity index (χ4v) is 1.81. The molecule has 0 radical (unpaired) electrons. The van der Waals surface area contributed by atoms with Crippen LogP contribution in [0, 0.1) is 5.82 Å². The van der Waals surface area contributed by atoms with Crippen molar-refractivity contribution in [2.75, 3.05) is 25.6 Å². The molecule has 1 rings (SSSR count). The first-order valence-electron chi connectivity index (χ1n) is 5.58. The Morgan fingerprint density at radius 2 is 2.29 bits per heavy atom. The number of hydrogen-bond acceptors (Lipinski definition) is 3. The minimum atomic E-state index is -0.342. The molecule has 1 aromatic carbocycles. The van der Waals surface area contributed by atoms with Crippen molar-refractivity contribution in [1.82, 2.24) is 0 Å². The molecule has 0 fully saturated rings. The van der Waals surface area contributed by atoms with Gasteiger partial charge in [0.05, 0.1) is 17.3 Å². The Kier molecular flexibility index (Phi) is 6.26. The number of nitrogens with one attached hydrogen (secondary N) is 1. The van der Waals surface area contributed by atoms with Crippen LogP contribution in [-0.2, 0) is 4.74 Å². The molecule has 0 amide bonds. The van der Waals surface area contributed by atoms with Crippen LogP contribution in [0.5, 0.6) is 0 Å². The molecule has 0 heterocycles. The predicted molar refractivity (Wildman–Crippen MR) is 69.0 cm³/mol. The summed E-state index contributed by atoms with van der Waals surface area (Å²) in [6.45, 7) is 1.20. The Bertz CT molecular complexity index is 349. The van der Waals surface area contributed by atoms with E-state index in [-0.39, 0.29) is 11.9 Å². The third-order valence-electron chi connectivity index (χ3n) is 2.42. The van der Waals surface area contributed by atoms with Gasteiger partial charge in [0.2, 0.25) is 0 Å². The zero-order valence-electron chi connectivity index (χ0n) is 9.88. The first kappa shape index (κ1) is 14.2. The third kappa shape index (κ3) is 4.89. The number of rotatable bonds is 7. The van der Waals surface area contributed by atoms with Gasteiger partial charge < -0.3 is 15.8 Å². The molecule has 0 aliphatic rings. The molecule has 5 heteroatoms. The van der Waals surface area contributed by atoms with Crippen LogP contribution in [0.4, 0.5) is 10.1 Å². The first-order valence-corrected chi connectivity index (χ1v) is 5.95. The van der Waals surface area contributed by atoms with Gasteiger partial charge >= 0.3 is 0 Å². The zero-order chi connectivity index (χ0) is 12.7. The summed E-state index contributed by atoms with van der Waals surface area (Å²) in [5.41, 5.74) is 6.19. The zero-order valence-corrected chi connectivity index (χ0v) is 10.6. The lowest BCUT2D eigenvalue weighted by atomic mass is 10.1. The van der Waals surface area contributed by atoms with Gasteiger partial charge in [0.1, 0.15) is 5.82 Å². The van der Waals surface area contributed by atoms with Crippen molar-refractivity contribution in [2.24, 2.45) is 5.73 Å². The largest absolute Gasteiger partial charge is 0.383 e. The number of halogens is 2. The number of ether oxygens (including phenoxy) is 1. The van der Waals surface area contributed by atoms with Crippen molar-refractivity contribution in [3.8, 4) is 0 Å². The molecular formula is C12H18ClFN2O. The monoisotopic (exact) mass is 260 g/mol. The van der Waals surface area contributed by atoms with Crippen molar-refractivity contribution in [3.63, 3.8) is 0 Å². The maximum Gasteiger partial charge on any atom is 0.124 e. The molecule has 0 saturated carbocycles. The van der Waals surface area contributed by atoms with Crippen LogP contribution in [0.1, 0.15) is 12.8 Å². The molecule has 96 valence electrons. The van der Waals surface area contributed by atoms with Gasteiger partial charge in [0.25, 0.3) is 0 Å². The topological polar surface area (TPSA) is 47.3 Å². The summed E-state index contributed by atoms with van der Waals surface area (Å²) < 4.78 is 18.0. The second kappa shape index (κ2) is 7.48. The van der Waals surface area contributed by atoms with E-state index in [0.29, 0.717) is 23.9 Å². The second-order valence-corrected chi connectivity index (χ2v) is 4.26. The highest BCUT2D eigenvalue weighted by molar-refractivity contribution is 6.33. The van der Waals surface area contributed by atoms with Gasteiger partial charge in [-0.25, -0.2) is 4.39 Å². The first-order chi connectivity index (χ1) is 8.17. The van der Waals surface area contributed by atoms with Crippen LogP contribution in [0.15, 0.2) is 18.2 Å². The molecule has 0 aromatic heterocycles. The third-order valence-corrected chi connectivity index (χ3v) is 2.73. The average Bonchev–Trinajstić information content (AvgIpc) is 2.29. The van der Waals surface area contributed by atoms with Crippen LogP contribution >= 0.6 is 11.6 Å². The smallest absolute Gasteiger partial charge is 0.124 e. The van der Waals surface area contributed by atoms with Gasteiger partial charge in [-0.2, -0.15) is 0 Å². The van der Waals surface area contributed by atoms with Crippen molar-refractivity contribution in [1.29, 1.82) is 0 Å². The molecule has 0 saturated heterocycles. The van der Waals surface area contributed by atoms with Crippen LogP contribution in [0.2, 0.25) is 5.02 Å². The van der Waals surface area contributed by atoms with E-state index in [4.69, 9.17) is 22.1 Å². The molecule has 3 nitrogen and oxygen atoms in total. The minimum absolute atomic E-state index is 0.131. The van der Waals surface area contributed by atoms with E-state index in [2.05, 4.69) is 5.32 Å². The summed E-state index contributed by atoms with van der Waals surface area (Å²) in [5.74, 6) is -0.342. The minimum Gasteiger partial charge on any atom is -0.383 e. The predicted octanol–water partition coefficient (Wildman–Crippen LogP) is 2.64. The Hall–Kier alpha value is -0.840. The van der Waals surface area contributed by atoms with Gasteiger partial charge in [-0.15, -0.1) is 0 Å². The molecule has 1 aromatic rings. The highest BCUT2D eigenvalue weighted by atomic mass is 35.5. The summed E-state index contributed by atoms with van der Waals surface area (Å²) in [6, 6.07) is 4.42. The molecule has 0 aliphatic heterocycles. The van der Waals surface area contributed by atoms with E-state index >= 15 is 0 Å². The van der Waals surface area contributed by atoms with Crippen molar-refractivity contribution < 1.29 is 9.13 Å². The van der Waals surface area contributed by atoms with Crippen LogP contribution in [-0.4, -0.2) is 26.3 Å². The number of nitrogens with two attached hydrogens (primary N) is 1. The summed E-state index contributed by atoms with van der Waals surface area (Å²) >= 11 is 5.94. The average molecular weight is 261 g/mol. The normalized spacial score (nSPS) is 12.5. The van der Waals surface area contributed by atoms with Gasteiger partial charge in [-0.1, -0.05) is 11.6 Å². The van der Waals surface area contributed by atoms with Gasteiger partial charge in [-0.3, -0.25) is 0 Å². The summed E-state index contributed by atoms with van der Waals surface area (Å²) in [4.78, 5) is 0. The summed E-state index contributed by atoms with van der Waals surface area (Å²) in [5, 5.41) is 3.61. The Morgan fingerprint density at radius 1 is 1.53 bits per heavy atom. The SMILES string of the molecule is COCC(CCCN)Nc1ccc(F)cc1Cl. The second-order valence-electron chi connectivity index (χ2n) is 3.85. The Balaban J connectivity index is 2.64. The molecule has 3 N–H and O–H groups in total. The van der Waals surface area contributed by atoms with E-state index in [9.17, 15) is 4.39 Å². The van der Waals surface area contributed by atoms with Gasteiger partial charge in [0, 0.05) is 13.2 Å². The number of anilines is 1. The lowest BCUT2D eigenvalue weighted by Crippen LogP contribution is -2.26. The van der Waals surface area contributed by atoms with E-state index in [1.54, 1.807) is 13.2 Å². The van der Waals surface area contributed by atoms with E-state index in [0.717, 1.165) is 12.8 Å². The maximum absolute atomic E-state index is 12.9. The molecule has 0 bridgehead atoms. The van der Waals surface area contributed by atoms with Crippen LogP contribution in [0.3, 0.4) is 0 Å². The van der Waals surface area contributed by atoms with Gasteiger partial charge in [0.15, 0.2) is 0 Å². The number of benzene rings is 1.